The molecule has 35 heavy (non-hydrogen) atoms. The molecule has 3 nitrogen and oxygen atoms in total. The fraction of sp³-hybridized carbons (Fsp3) is 0.656. The Labute approximate surface area is 214 Å². The maximum Gasteiger partial charge on any atom is 0.106 e. The summed E-state index contributed by atoms with van der Waals surface area (Å²) in [6, 6.07) is 8.35. The van der Waals surface area contributed by atoms with Gasteiger partial charge in [-0.15, -0.1) is 0 Å². The van der Waals surface area contributed by atoms with Crippen LogP contribution in [0, 0.1) is 12.3 Å². The van der Waals surface area contributed by atoms with Crippen molar-refractivity contribution < 1.29 is 10.2 Å². The van der Waals surface area contributed by atoms with Crippen molar-refractivity contribution >= 4 is 0 Å². The molecule has 1 fully saturated rings. The van der Waals surface area contributed by atoms with Crippen LogP contribution in [0.3, 0.4) is 0 Å². The fourth-order valence-corrected chi connectivity index (χ4v) is 5.74. The first-order valence-electron chi connectivity index (χ1n) is 13.9. The van der Waals surface area contributed by atoms with E-state index in [0.29, 0.717) is 5.92 Å². The van der Waals surface area contributed by atoms with Crippen LogP contribution in [0.5, 0.6) is 0 Å². The zero-order chi connectivity index (χ0) is 26.0. The highest BCUT2D eigenvalue weighted by Gasteiger charge is 2.37. The molecule has 0 spiro atoms. The van der Waals surface area contributed by atoms with Crippen molar-refractivity contribution in [3.63, 3.8) is 0 Å². The van der Waals surface area contributed by atoms with Crippen molar-refractivity contribution in [1.29, 1.82) is 0 Å². The Morgan fingerprint density at radius 2 is 1.71 bits per heavy atom. The summed E-state index contributed by atoms with van der Waals surface area (Å²) in [5.74, 6) is 0.404. The first-order chi connectivity index (χ1) is 16.4. The molecule has 2 aliphatic carbocycles. The second kappa shape index (κ2) is 11.1. The summed E-state index contributed by atoms with van der Waals surface area (Å²) in [5.41, 5.74) is 7.27. The van der Waals surface area contributed by atoms with Crippen molar-refractivity contribution in [3.05, 3.63) is 63.5 Å². The lowest BCUT2D eigenvalue weighted by Crippen LogP contribution is -2.29. The summed E-state index contributed by atoms with van der Waals surface area (Å²) >= 11 is 0. The molecule has 2 N–H and O–H groups in total. The van der Waals surface area contributed by atoms with Crippen LogP contribution in [0.2, 0.25) is 0 Å². The zero-order valence-electron chi connectivity index (χ0n) is 23.5. The molecule has 2 unspecified atom stereocenters. The molecule has 4 rings (SSSR count). The number of aliphatic hydroxyl groups is 2. The Balaban J connectivity index is 0.000000795. The van der Waals surface area contributed by atoms with E-state index in [1.807, 2.05) is 12.1 Å². The number of hydrogen-bond acceptors (Lipinski definition) is 3. The SMILES string of the molecule is CCCC.Cc1c2c(nc(C3CCCC3)c1C(O)c1cccc(C(C)(C)C)c1)CC(C)(C)CC2O. The van der Waals surface area contributed by atoms with Gasteiger partial charge in [0.05, 0.1) is 11.8 Å². The predicted molar refractivity (Wildman–Crippen MR) is 147 cm³/mol. The first-order valence-corrected chi connectivity index (χ1v) is 13.9. The molecule has 1 aromatic carbocycles. The minimum Gasteiger partial charge on any atom is -0.388 e. The van der Waals surface area contributed by atoms with Gasteiger partial charge in [0.2, 0.25) is 0 Å². The lowest BCUT2D eigenvalue weighted by atomic mass is 9.72. The molecule has 1 saturated carbocycles. The third-order valence-electron chi connectivity index (χ3n) is 7.96. The van der Waals surface area contributed by atoms with Gasteiger partial charge in [0.25, 0.3) is 0 Å². The van der Waals surface area contributed by atoms with Crippen LogP contribution < -0.4 is 0 Å². The molecule has 0 amide bonds. The van der Waals surface area contributed by atoms with E-state index in [1.165, 1.54) is 31.2 Å². The summed E-state index contributed by atoms with van der Waals surface area (Å²) in [6.07, 6.45) is 7.75. The van der Waals surface area contributed by atoms with E-state index in [9.17, 15) is 10.2 Å². The highest BCUT2D eigenvalue weighted by Crippen LogP contribution is 2.46. The zero-order valence-corrected chi connectivity index (χ0v) is 23.5. The molecule has 0 bridgehead atoms. The van der Waals surface area contributed by atoms with Gasteiger partial charge < -0.3 is 10.2 Å². The van der Waals surface area contributed by atoms with Gasteiger partial charge in [0.15, 0.2) is 0 Å². The normalized spacial score (nSPS) is 20.7. The Morgan fingerprint density at radius 3 is 2.29 bits per heavy atom. The van der Waals surface area contributed by atoms with Gasteiger partial charge in [-0.1, -0.05) is 98.4 Å². The minimum absolute atomic E-state index is 0.0228. The van der Waals surface area contributed by atoms with Gasteiger partial charge >= 0.3 is 0 Å². The molecule has 2 aliphatic rings. The van der Waals surface area contributed by atoms with Crippen LogP contribution in [0.15, 0.2) is 24.3 Å². The van der Waals surface area contributed by atoms with Gasteiger partial charge in [-0.25, -0.2) is 0 Å². The smallest absolute Gasteiger partial charge is 0.106 e. The average Bonchev–Trinajstić information content (AvgIpc) is 3.32. The quantitative estimate of drug-likeness (QED) is 0.464. The summed E-state index contributed by atoms with van der Waals surface area (Å²) in [4.78, 5) is 5.20. The lowest BCUT2D eigenvalue weighted by Gasteiger charge is -2.37. The summed E-state index contributed by atoms with van der Waals surface area (Å²) in [5, 5.41) is 22.7. The number of aliphatic hydroxyl groups excluding tert-OH is 2. The van der Waals surface area contributed by atoms with Crippen molar-refractivity contribution in [3.8, 4) is 0 Å². The monoisotopic (exact) mass is 479 g/mol. The highest BCUT2D eigenvalue weighted by molar-refractivity contribution is 5.48. The molecule has 0 aliphatic heterocycles. The summed E-state index contributed by atoms with van der Waals surface area (Å²) in [6.45, 7) is 17.5. The average molecular weight is 480 g/mol. The number of hydrogen-bond donors (Lipinski definition) is 2. The van der Waals surface area contributed by atoms with E-state index in [0.717, 1.165) is 59.3 Å². The third kappa shape index (κ3) is 6.35. The second-order valence-electron chi connectivity index (χ2n) is 12.7. The van der Waals surface area contributed by atoms with Crippen molar-refractivity contribution in [2.45, 2.75) is 130 Å². The molecular weight excluding hydrogens is 430 g/mol. The van der Waals surface area contributed by atoms with Crippen LogP contribution in [-0.4, -0.2) is 15.2 Å². The summed E-state index contributed by atoms with van der Waals surface area (Å²) in [7, 11) is 0. The van der Waals surface area contributed by atoms with Crippen LogP contribution in [0.25, 0.3) is 0 Å². The topological polar surface area (TPSA) is 53.4 Å². The third-order valence-corrected chi connectivity index (χ3v) is 7.96. The molecule has 2 aromatic rings. The van der Waals surface area contributed by atoms with Crippen LogP contribution >= 0.6 is 0 Å². The molecular formula is C32H49NO2. The summed E-state index contributed by atoms with van der Waals surface area (Å²) < 4.78 is 0. The van der Waals surface area contributed by atoms with E-state index in [4.69, 9.17) is 4.98 Å². The van der Waals surface area contributed by atoms with E-state index in [-0.39, 0.29) is 10.8 Å². The standard InChI is InChI=1S/C28H39NO2.C4H10/c1-17-23-21(15-28(5,6)16-22(23)30)29-25(18-10-7-8-11-18)24(17)26(31)19-12-9-13-20(14-19)27(2,3)4;1-3-4-2/h9,12-14,18,22,26,30-31H,7-8,10-11,15-16H2,1-6H3;3-4H2,1-2H3. The van der Waals surface area contributed by atoms with Crippen LogP contribution in [0.4, 0.5) is 0 Å². The number of rotatable bonds is 4. The van der Waals surface area contributed by atoms with Gasteiger partial charge in [0, 0.05) is 22.7 Å². The second-order valence-corrected chi connectivity index (χ2v) is 12.7. The lowest BCUT2D eigenvalue weighted by molar-refractivity contribution is 0.0968. The predicted octanol–water partition coefficient (Wildman–Crippen LogP) is 8.24. The fourth-order valence-electron chi connectivity index (χ4n) is 5.74. The Kier molecular flexibility index (Phi) is 8.86. The van der Waals surface area contributed by atoms with Gasteiger partial charge in [-0.2, -0.15) is 0 Å². The van der Waals surface area contributed by atoms with Gasteiger partial charge in [-0.3, -0.25) is 4.98 Å². The van der Waals surface area contributed by atoms with E-state index < -0.39 is 12.2 Å². The first kappa shape index (κ1) is 27.9. The van der Waals surface area contributed by atoms with Crippen molar-refractivity contribution in [1.82, 2.24) is 4.98 Å². The molecule has 0 saturated heterocycles. The molecule has 3 heteroatoms. The molecule has 1 aromatic heterocycles. The minimum atomic E-state index is -0.724. The number of unbranched alkanes of at least 4 members (excludes halogenated alkanes) is 1. The van der Waals surface area contributed by atoms with Crippen LogP contribution in [0.1, 0.15) is 151 Å². The number of pyridine rings is 1. The van der Waals surface area contributed by atoms with E-state index in [2.05, 4.69) is 67.5 Å². The number of nitrogens with zero attached hydrogens (tertiary/aromatic N) is 1. The Bertz CT molecular complexity index is 993. The number of fused-ring (bicyclic) bond motifs is 1. The number of benzene rings is 1. The Morgan fingerprint density at radius 1 is 1.09 bits per heavy atom. The van der Waals surface area contributed by atoms with Gasteiger partial charge in [-0.05, 0) is 60.1 Å². The molecule has 1 heterocycles. The largest absolute Gasteiger partial charge is 0.388 e. The van der Waals surface area contributed by atoms with E-state index >= 15 is 0 Å². The van der Waals surface area contributed by atoms with Crippen LogP contribution in [-0.2, 0) is 11.8 Å². The maximum absolute atomic E-state index is 11.7. The number of aromatic nitrogens is 1. The molecule has 0 radical (unpaired) electrons. The molecule has 2 atom stereocenters. The maximum atomic E-state index is 11.7. The van der Waals surface area contributed by atoms with Crippen molar-refractivity contribution in [2.24, 2.45) is 5.41 Å². The molecule has 194 valence electrons. The van der Waals surface area contributed by atoms with E-state index in [1.54, 1.807) is 0 Å². The van der Waals surface area contributed by atoms with Gasteiger partial charge in [0.1, 0.15) is 6.10 Å². The Hall–Kier alpha value is -1.71. The highest BCUT2D eigenvalue weighted by atomic mass is 16.3. The van der Waals surface area contributed by atoms with Crippen molar-refractivity contribution in [2.75, 3.05) is 0 Å².